The Morgan fingerprint density at radius 2 is 1.81 bits per heavy atom. The Morgan fingerprint density at radius 1 is 1.19 bits per heavy atom. The van der Waals surface area contributed by atoms with E-state index in [-0.39, 0.29) is 28.5 Å². The number of piperazine rings is 1. The van der Waals surface area contributed by atoms with Crippen molar-refractivity contribution in [2.45, 2.75) is 30.8 Å². The normalized spacial score (nSPS) is 26.4. The van der Waals surface area contributed by atoms with E-state index in [1.165, 1.54) is 12.1 Å². The Kier molecular flexibility index (Phi) is 5.79. The van der Waals surface area contributed by atoms with E-state index in [2.05, 4.69) is 45.5 Å². The number of hydrazine groups is 1. The maximum absolute atomic E-state index is 12.8. The summed E-state index contributed by atoms with van der Waals surface area (Å²) >= 11 is 3.67. The van der Waals surface area contributed by atoms with Gasteiger partial charge in [0.25, 0.3) is 5.69 Å². The number of non-ortho nitro benzene ring substituents is 1. The topological polar surface area (TPSA) is 90.8 Å². The van der Waals surface area contributed by atoms with Crippen molar-refractivity contribution >= 4 is 33.2 Å². The zero-order chi connectivity index (χ0) is 18.8. The van der Waals surface area contributed by atoms with Crippen molar-refractivity contribution in [2.75, 3.05) is 31.1 Å². The monoisotopic (exact) mass is 425 g/mol. The number of benzene rings is 1. The number of hydrogen-bond acceptors (Lipinski definition) is 6. The van der Waals surface area contributed by atoms with Crippen molar-refractivity contribution in [3.63, 3.8) is 0 Å². The molecule has 2 aliphatic heterocycles. The van der Waals surface area contributed by atoms with Gasteiger partial charge >= 0.3 is 0 Å². The fourth-order valence-electron chi connectivity index (χ4n) is 3.45. The zero-order valence-corrected chi connectivity index (χ0v) is 16.5. The number of nitrogens with one attached hydrogen (secondary N) is 2. The van der Waals surface area contributed by atoms with Crippen molar-refractivity contribution in [3.05, 3.63) is 34.4 Å². The number of carbonyl (C=O) groups is 1. The molecule has 2 N–H and O–H groups in total. The number of hydrogen-bond donors (Lipinski definition) is 2. The lowest BCUT2D eigenvalue weighted by Crippen LogP contribution is -2.55. The minimum Gasteiger partial charge on any atom is -0.368 e. The molecular weight excluding hydrogens is 402 g/mol. The van der Waals surface area contributed by atoms with E-state index in [0.29, 0.717) is 32.1 Å². The molecule has 2 saturated heterocycles. The minimum absolute atomic E-state index is 0.0581. The molecule has 0 aliphatic carbocycles. The summed E-state index contributed by atoms with van der Waals surface area (Å²) in [7, 11) is 0. The molecule has 3 unspecified atom stereocenters. The summed E-state index contributed by atoms with van der Waals surface area (Å²) in [6, 6.07) is 6.50. The fourth-order valence-corrected chi connectivity index (χ4v) is 4.55. The summed E-state index contributed by atoms with van der Waals surface area (Å²) in [6.45, 7) is 6.96. The molecule has 0 aromatic heterocycles. The van der Waals surface area contributed by atoms with Gasteiger partial charge in [-0.05, 0) is 18.1 Å². The Labute approximate surface area is 161 Å². The first-order chi connectivity index (χ1) is 12.4. The van der Waals surface area contributed by atoms with Crippen molar-refractivity contribution in [2.24, 2.45) is 5.92 Å². The number of nitro benzene ring substituents is 1. The molecule has 0 spiro atoms. The van der Waals surface area contributed by atoms with E-state index in [1.807, 2.05) is 4.90 Å². The Hall–Kier alpha value is -1.71. The van der Waals surface area contributed by atoms with Crippen LogP contribution in [-0.4, -0.2) is 58.8 Å². The first-order valence-electron chi connectivity index (χ1n) is 8.82. The number of nitro groups is 1. The Balaban J connectivity index is 1.56. The summed E-state index contributed by atoms with van der Waals surface area (Å²) in [4.78, 5) is 27.3. The molecule has 0 bridgehead atoms. The van der Waals surface area contributed by atoms with E-state index in [9.17, 15) is 14.9 Å². The molecule has 3 atom stereocenters. The third kappa shape index (κ3) is 3.84. The molecule has 0 saturated carbocycles. The average Bonchev–Trinajstić information content (AvgIpc) is 3.03. The lowest BCUT2D eigenvalue weighted by Gasteiger charge is -2.37. The molecule has 1 amide bonds. The van der Waals surface area contributed by atoms with Gasteiger partial charge < -0.3 is 9.80 Å². The molecule has 142 valence electrons. The smallest absolute Gasteiger partial charge is 0.269 e. The summed E-state index contributed by atoms with van der Waals surface area (Å²) in [5, 5.41) is 10.8. The predicted octanol–water partition coefficient (Wildman–Crippen LogP) is 1.51. The summed E-state index contributed by atoms with van der Waals surface area (Å²) in [5.74, 6) is 0.523. The molecule has 2 heterocycles. The van der Waals surface area contributed by atoms with E-state index >= 15 is 0 Å². The Morgan fingerprint density at radius 3 is 2.31 bits per heavy atom. The van der Waals surface area contributed by atoms with Crippen LogP contribution in [0.2, 0.25) is 0 Å². The highest BCUT2D eigenvalue weighted by molar-refractivity contribution is 9.09. The third-order valence-corrected chi connectivity index (χ3v) is 6.17. The fraction of sp³-hybridized carbons (Fsp3) is 0.588. The van der Waals surface area contributed by atoms with Gasteiger partial charge in [0.1, 0.15) is 6.04 Å². The largest absolute Gasteiger partial charge is 0.368 e. The van der Waals surface area contributed by atoms with Crippen LogP contribution < -0.4 is 15.8 Å². The molecule has 8 nitrogen and oxygen atoms in total. The van der Waals surface area contributed by atoms with Crippen molar-refractivity contribution < 1.29 is 9.72 Å². The van der Waals surface area contributed by atoms with Gasteiger partial charge in [-0.3, -0.25) is 20.3 Å². The second-order valence-corrected chi connectivity index (χ2v) is 8.12. The second-order valence-electron chi connectivity index (χ2n) is 7.07. The predicted molar refractivity (Wildman–Crippen MR) is 103 cm³/mol. The van der Waals surface area contributed by atoms with E-state index in [0.717, 1.165) is 5.69 Å². The molecule has 9 heteroatoms. The van der Waals surface area contributed by atoms with Crippen LogP contribution in [0.4, 0.5) is 11.4 Å². The molecule has 2 aliphatic rings. The van der Waals surface area contributed by atoms with Crippen LogP contribution in [0.5, 0.6) is 0 Å². The number of halogens is 1. The molecule has 0 radical (unpaired) electrons. The van der Waals surface area contributed by atoms with Gasteiger partial charge in [0.05, 0.1) is 9.75 Å². The standard InChI is InChI=1S/C17H24BrN5O3/c1-11(2)15-14(18)16(20-19-15)17(24)22-9-7-21(8-10-22)12-3-5-13(6-4-12)23(25)26/h3-6,11,14-16,19-20H,7-10H2,1-2H3. The second kappa shape index (κ2) is 7.89. The SMILES string of the molecule is CC(C)C1NNC(C(=O)N2CCN(c3ccc([N+](=O)[O-])cc3)CC2)C1Br. The van der Waals surface area contributed by atoms with Crippen molar-refractivity contribution in [3.8, 4) is 0 Å². The first-order valence-corrected chi connectivity index (χ1v) is 9.73. The van der Waals surface area contributed by atoms with Crippen LogP contribution in [0.15, 0.2) is 24.3 Å². The summed E-state index contributed by atoms with van der Waals surface area (Å²) in [6.07, 6.45) is 0. The molecular formula is C17H24BrN5O3. The lowest BCUT2D eigenvalue weighted by molar-refractivity contribution is -0.384. The maximum Gasteiger partial charge on any atom is 0.269 e. The molecule has 3 rings (SSSR count). The van der Waals surface area contributed by atoms with Gasteiger partial charge in [0.15, 0.2) is 0 Å². The van der Waals surface area contributed by atoms with Gasteiger partial charge in [-0.25, -0.2) is 5.43 Å². The van der Waals surface area contributed by atoms with Gasteiger partial charge in [-0.1, -0.05) is 29.8 Å². The Bertz CT molecular complexity index is 661. The molecule has 1 aromatic carbocycles. The first kappa shape index (κ1) is 19.1. The number of nitrogens with zero attached hydrogens (tertiary/aromatic N) is 3. The van der Waals surface area contributed by atoms with Crippen molar-refractivity contribution in [1.82, 2.24) is 15.8 Å². The highest BCUT2D eigenvalue weighted by Crippen LogP contribution is 2.24. The average molecular weight is 426 g/mol. The van der Waals surface area contributed by atoms with Gasteiger partial charge in [-0.2, -0.15) is 0 Å². The van der Waals surface area contributed by atoms with Crippen LogP contribution in [0.25, 0.3) is 0 Å². The number of carbonyl (C=O) groups excluding carboxylic acids is 1. The van der Waals surface area contributed by atoms with E-state index in [1.54, 1.807) is 12.1 Å². The van der Waals surface area contributed by atoms with Gasteiger partial charge in [0.2, 0.25) is 5.91 Å². The number of alkyl halides is 1. The quantitative estimate of drug-likeness (QED) is 0.431. The van der Waals surface area contributed by atoms with E-state index < -0.39 is 4.92 Å². The zero-order valence-electron chi connectivity index (χ0n) is 14.9. The third-order valence-electron chi connectivity index (χ3n) is 5.07. The summed E-state index contributed by atoms with van der Waals surface area (Å²) < 4.78 is 0. The number of anilines is 1. The molecule has 2 fully saturated rings. The van der Waals surface area contributed by atoms with E-state index in [4.69, 9.17) is 0 Å². The molecule has 26 heavy (non-hydrogen) atoms. The van der Waals surface area contributed by atoms with Crippen LogP contribution in [0, 0.1) is 16.0 Å². The molecule has 1 aromatic rings. The van der Waals surface area contributed by atoms with Crippen LogP contribution in [-0.2, 0) is 4.79 Å². The maximum atomic E-state index is 12.8. The highest BCUT2D eigenvalue weighted by atomic mass is 79.9. The highest BCUT2D eigenvalue weighted by Gasteiger charge is 2.41. The van der Waals surface area contributed by atoms with Crippen LogP contribution >= 0.6 is 15.9 Å². The van der Waals surface area contributed by atoms with Crippen LogP contribution in [0.3, 0.4) is 0 Å². The lowest BCUT2D eigenvalue weighted by atomic mass is 9.99. The van der Waals surface area contributed by atoms with Crippen LogP contribution in [0.1, 0.15) is 13.8 Å². The van der Waals surface area contributed by atoms with Crippen molar-refractivity contribution in [1.29, 1.82) is 0 Å². The van der Waals surface area contributed by atoms with Gasteiger partial charge in [0, 0.05) is 50.0 Å². The number of rotatable bonds is 4. The number of amides is 1. The minimum atomic E-state index is -0.399. The summed E-state index contributed by atoms with van der Waals surface area (Å²) in [5.41, 5.74) is 7.38. The van der Waals surface area contributed by atoms with Gasteiger partial charge in [-0.15, -0.1) is 0 Å².